The highest BCUT2D eigenvalue weighted by Crippen LogP contribution is 2.46. The molecule has 2 atom stereocenters. The van der Waals surface area contributed by atoms with Gasteiger partial charge < -0.3 is 10.6 Å². The Morgan fingerprint density at radius 3 is 2.62 bits per heavy atom. The van der Waals surface area contributed by atoms with Gasteiger partial charge in [0.2, 0.25) is 5.91 Å². The van der Waals surface area contributed by atoms with Crippen LogP contribution in [0.25, 0.3) is 0 Å². The molecule has 1 spiro atoms. The summed E-state index contributed by atoms with van der Waals surface area (Å²) in [6.07, 6.45) is 2.24. The smallest absolute Gasteiger partial charge is 0.324 e. The average Bonchev–Trinajstić information content (AvgIpc) is 2.71. The number of anilines is 1. The zero-order valence-electron chi connectivity index (χ0n) is 15.9. The highest BCUT2D eigenvalue weighted by Gasteiger charge is 2.56. The maximum atomic E-state index is 13.0. The van der Waals surface area contributed by atoms with Crippen molar-refractivity contribution < 1.29 is 14.4 Å². The minimum atomic E-state index is -0.874. The number of imide groups is 1. The van der Waals surface area contributed by atoms with Gasteiger partial charge in [-0.2, -0.15) is 0 Å². The predicted octanol–water partition coefficient (Wildman–Crippen LogP) is 3.07. The lowest BCUT2D eigenvalue weighted by Crippen LogP contribution is -2.54. The summed E-state index contributed by atoms with van der Waals surface area (Å²) in [4.78, 5) is 38.9. The maximum Gasteiger partial charge on any atom is 0.325 e. The number of urea groups is 1. The van der Waals surface area contributed by atoms with Gasteiger partial charge in [0.05, 0.1) is 0 Å². The van der Waals surface area contributed by atoms with Gasteiger partial charge in [0, 0.05) is 5.69 Å². The number of hydrogen-bond acceptors (Lipinski definition) is 3. The van der Waals surface area contributed by atoms with E-state index in [-0.39, 0.29) is 23.8 Å². The first-order chi connectivity index (χ1) is 12.1. The maximum absolute atomic E-state index is 13.0. The van der Waals surface area contributed by atoms with Crippen LogP contribution < -0.4 is 10.6 Å². The van der Waals surface area contributed by atoms with Crippen LogP contribution in [0.5, 0.6) is 0 Å². The van der Waals surface area contributed by atoms with Crippen LogP contribution in [0.15, 0.2) is 24.3 Å². The van der Waals surface area contributed by atoms with E-state index in [1.54, 1.807) is 6.07 Å². The lowest BCUT2D eigenvalue weighted by molar-refractivity contribution is -0.136. The molecular weight excluding hydrogens is 330 g/mol. The molecule has 1 saturated heterocycles. The molecule has 4 amide bonds. The van der Waals surface area contributed by atoms with Crippen molar-refractivity contribution in [1.82, 2.24) is 10.2 Å². The van der Waals surface area contributed by atoms with Crippen LogP contribution in [0.2, 0.25) is 0 Å². The third kappa shape index (κ3) is 3.45. The number of carbonyl (C=O) groups is 3. The molecule has 2 N–H and O–H groups in total. The molecule has 0 unspecified atom stereocenters. The molecule has 26 heavy (non-hydrogen) atoms. The van der Waals surface area contributed by atoms with E-state index in [9.17, 15) is 14.4 Å². The molecule has 0 bridgehead atoms. The highest BCUT2D eigenvalue weighted by atomic mass is 16.2. The van der Waals surface area contributed by atoms with Crippen LogP contribution in [-0.2, 0) is 9.59 Å². The van der Waals surface area contributed by atoms with Gasteiger partial charge in [0.15, 0.2) is 0 Å². The lowest BCUT2D eigenvalue weighted by atomic mass is 9.64. The van der Waals surface area contributed by atoms with E-state index in [2.05, 4.69) is 31.4 Å². The molecule has 2 fully saturated rings. The van der Waals surface area contributed by atoms with Crippen molar-refractivity contribution in [3.8, 4) is 0 Å². The number of amides is 4. The number of rotatable bonds is 3. The normalized spacial score (nSPS) is 27.5. The van der Waals surface area contributed by atoms with Crippen molar-refractivity contribution in [2.24, 2.45) is 11.3 Å². The van der Waals surface area contributed by atoms with Gasteiger partial charge in [-0.15, -0.1) is 0 Å². The van der Waals surface area contributed by atoms with Crippen molar-refractivity contribution in [3.05, 3.63) is 29.8 Å². The Kier molecular flexibility index (Phi) is 4.54. The molecule has 1 saturated carbocycles. The van der Waals surface area contributed by atoms with E-state index in [0.717, 1.165) is 16.9 Å². The van der Waals surface area contributed by atoms with E-state index < -0.39 is 11.6 Å². The second-order valence-corrected chi connectivity index (χ2v) is 8.62. The van der Waals surface area contributed by atoms with E-state index in [0.29, 0.717) is 24.4 Å². The fourth-order valence-electron chi connectivity index (χ4n) is 4.70. The van der Waals surface area contributed by atoms with Crippen molar-refractivity contribution in [2.45, 2.75) is 52.5 Å². The minimum Gasteiger partial charge on any atom is -0.324 e. The third-order valence-electron chi connectivity index (χ3n) is 5.35. The first kappa shape index (κ1) is 18.4. The quantitative estimate of drug-likeness (QED) is 0.816. The summed E-state index contributed by atoms with van der Waals surface area (Å²) in [6, 6.07) is 6.94. The number of hydrogen-bond donors (Lipinski definition) is 2. The summed E-state index contributed by atoms with van der Waals surface area (Å²) in [5, 5.41) is 5.67. The number of aryl methyl sites for hydroxylation is 1. The van der Waals surface area contributed by atoms with Crippen molar-refractivity contribution in [2.75, 3.05) is 11.9 Å². The first-order valence-electron chi connectivity index (χ1n) is 9.11. The summed E-state index contributed by atoms with van der Waals surface area (Å²) < 4.78 is 0. The van der Waals surface area contributed by atoms with Crippen LogP contribution >= 0.6 is 0 Å². The fraction of sp³-hybridized carbons (Fsp3) is 0.550. The largest absolute Gasteiger partial charge is 0.325 e. The zero-order valence-corrected chi connectivity index (χ0v) is 15.9. The topological polar surface area (TPSA) is 78.5 Å². The summed E-state index contributed by atoms with van der Waals surface area (Å²) in [6.45, 7) is 7.98. The van der Waals surface area contributed by atoms with Crippen LogP contribution in [0, 0.1) is 18.3 Å². The molecular formula is C20H27N3O3. The molecule has 1 aromatic carbocycles. The molecule has 1 aliphatic heterocycles. The number of carbonyl (C=O) groups excluding carboxylic acids is 3. The molecule has 2 aliphatic rings. The standard InChI is InChI=1S/C20H27N3O3/c1-13-9-19(3,4)12-20(10-13)17(25)23(18(26)22-20)11-16(24)21-15-8-6-5-7-14(15)2/h5-8,13H,9-12H2,1-4H3,(H,21,24)(H,22,26)/t13-,20-/m1/s1. The first-order valence-corrected chi connectivity index (χ1v) is 9.11. The van der Waals surface area contributed by atoms with Gasteiger partial charge in [0.1, 0.15) is 12.1 Å². The van der Waals surface area contributed by atoms with Crippen LogP contribution in [0.3, 0.4) is 0 Å². The molecule has 3 rings (SSSR count). The molecule has 0 radical (unpaired) electrons. The van der Waals surface area contributed by atoms with Crippen molar-refractivity contribution >= 4 is 23.5 Å². The van der Waals surface area contributed by atoms with E-state index in [1.807, 2.05) is 25.1 Å². The average molecular weight is 357 g/mol. The van der Waals surface area contributed by atoms with Gasteiger partial charge >= 0.3 is 6.03 Å². The Balaban J connectivity index is 1.73. The summed E-state index contributed by atoms with van der Waals surface area (Å²) in [5.41, 5.74) is 0.713. The molecule has 1 aliphatic carbocycles. The zero-order chi connectivity index (χ0) is 19.1. The molecule has 0 aromatic heterocycles. The predicted molar refractivity (Wildman–Crippen MR) is 99.6 cm³/mol. The SMILES string of the molecule is Cc1ccccc1NC(=O)CN1C(=O)N[C@@]2(C[C@H](C)CC(C)(C)C2)C1=O. The summed E-state index contributed by atoms with van der Waals surface area (Å²) in [7, 11) is 0. The fourth-order valence-corrected chi connectivity index (χ4v) is 4.70. The van der Waals surface area contributed by atoms with Crippen LogP contribution in [0.1, 0.15) is 45.6 Å². The molecule has 140 valence electrons. The Hall–Kier alpha value is -2.37. The number of benzene rings is 1. The van der Waals surface area contributed by atoms with E-state index in [4.69, 9.17) is 0 Å². The van der Waals surface area contributed by atoms with Crippen molar-refractivity contribution in [1.29, 1.82) is 0 Å². The van der Waals surface area contributed by atoms with Gasteiger partial charge in [-0.3, -0.25) is 14.5 Å². The Labute approximate surface area is 154 Å². The van der Waals surface area contributed by atoms with Crippen molar-refractivity contribution in [3.63, 3.8) is 0 Å². The molecule has 1 heterocycles. The summed E-state index contributed by atoms with van der Waals surface area (Å²) >= 11 is 0. The van der Waals surface area contributed by atoms with Crippen LogP contribution in [0.4, 0.5) is 10.5 Å². The lowest BCUT2D eigenvalue weighted by Gasteiger charge is -2.43. The van der Waals surface area contributed by atoms with Crippen LogP contribution in [-0.4, -0.2) is 34.8 Å². The Morgan fingerprint density at radius 1 is 1.27 bits per heavy atom. The van der Waals surface area contributed by atoms with E-state index >= 15 is 0 Å². The summed E-state index contributed by atoms with van der Waals surface area (Å²) in [5.74, 6) is -0.311. The van der Waals surface area contributed by atoms with Gasteiger partial charge in [-0.1, -0.05) is 39.0 Å². The molecule has 1 aromatic rings. The van der Waals surface area contributed by atoms with Gasteiger partial charge in [-0.25, -0.2) is 4.79 Å². The van der Waals surface area contributed by atoms with Gasteiger partial charge in [-0.05, 0) is 49.1 Å². The van der Waals surface area contributed by atoms with Gasteiger partial charge in [0.25, 0.3) is 5.91 Å². The monoisotopic (exact) mass is 357 g/mol. The molecule has 6 nitrogen and oxygen atoms in total. The second-order valence-electron chi connectivity index (χ2n) is 8.62. The minimum absolute atomic E-state index is 0.0278. The Bertz CT molecular complexity index is 758. The Morgan fingerprint density at radius 2 is 1.96 bits per heavy atom. The number of nitrogens with zero attached hydrogens (tertiary/aromatic N) is 1. The number of para-hydroxylation sites is 1. The number of nitrogens with one attached hydrogen (secondary N) is 2. The molecule has 6 heteroatoms. The third-order valence-corrected chi connectivity index (χ3v) is 5.35. The highest BCUT2D eigenvalue weighted by molar-refractivity contribution is 6.10. The van der Waals surface area contributed by atoms with E-state index in [1.165, 1.54) is 0 Å². The second kappa shape index (κ2) is 6.41.